The van der Waals surface area contributed by atoms with E-state index in [0.717, 1.165) is 31.0 Å². The minimum Gasteiger partial charge on any atom is -0.468 e. The van der Waals surface area contributed by atoms with Crippen LogP contribution in [0, 0.1) is 0 Å². The lowest BCUT2D eigenvalue weighted by molar-refractivity contribution is 0.248. The number of hydrogen-bond acceptors (Lipinski definition) is 4. The molecular weight excluding hydrogens is 241 g/mol. The van der Waals surface area contributed by atoms with E-state index < -0.39 is 7.12 Å². The number of hydrogen-bond donors (Lipinski definition) is 2. The molecule has 0 amide bonds. The molecule has 2 aromatic rings. The van der Waals surface area contributed by atoms with Gasteiger partial charge in [-0.1, -0.05) is 31.2 Å². The summed E-state index contributed by atoms with van der Waals surface area (Å²) in [5.41, 5.74) is 1.57. The standard InChI is InChI=1S/C14H18BNO3/c1-2-16(11-14-7-4-8-19-14)10-12-5-3-6-13(9-12)15(17)18/h3-9,17-18H,2,10-11H2,1H3. The highest BCUT2D eigenvalue weighted by Gasteiger charge is 2.12. The molecule has 4 nitrogen and oxygen atoms in total. The first kappa shape index (κ1) is 13.9. The third-order valence-corrected chi connectivity index (χ3v) is 3.06. The molecular formula is C14H18BNO3. The smallest absolute Gasteiger partial charge is 0.468 e. The average molecular weight is 259 g/mol. The van der Waals surface area contributed by atoms with Gasteiger partial charge in [-0.25, -0.2) is 0 Å². The molecule has 0 aliphatic rings. The maximum Gasteiger partial charge on any atom is 0.488 e. The van der Waals surface area contributed by atoms with Crippen molar-refractivity contribution in [3.63, 3.8) is 0 Å². The first-order chi connectivity index (χ1) is 9.19. The van der Waals surface area contributed by atoms with Crippen LogP contribution in [0.2, 0.25) is 0 Å². The van der Waals surface area contributed by atoms with Gasteiger partial charge in [-0.15, -0.1) is 0 Å². The molecule has 0 saturated heterocycles. The summed E-state index contributed by atoms with van der Waals surface area (Å²) in [4.78, 5) is 2.22. The van der Waals surface area contributed by atoms with E-state index in [1.165, 1.54) is 0 Å². The highest BCUT2D eigenvalue weighted by molar-refractivity contribution is 6.58. The predicted octanol–water partition coefficient (Wildman–Crippen LogP) is 0.981. The second-order valence-corrected chi connectivity index (χ2v) is 4.50. The molecule has 0 bridgehead atoms. The van der Waals surface area contributed by atoms with Crippen LogP contribution in [0.1, 0.15) is 18.2 Å². The first-order valence-corrected chi connectivity index (χ1v) is 6.38. The molecule has 0 atom stereocenters. The van der Waals surface area contributed by atoms with Crippen molar-refractivity contribution in [2.45, 2.75) is 20.0 Å². The van der Waals surface area contributed by atoms with E-state index in [-0.39, 0.29) is 0 Å². The average Bonchev–Trinajstić information content (AvgIpc) is 2.91. The van der Waals surface area contributed by atoms with Crippen molar-refractivity contribution in [2.75, 3.05) is 6.54 Å². The zero-order chi connectivity index (χ0) is 13.7. The number of rotatable bonds is 6. The van der Waals surface area contributed by atoms with Crippen molar-refractivity contribution < 1.29 is 14.5 Å². The molecule has 1 aromatic carbocycles. The van der Waals surface area contributed by atoms with E-state index in [2.05, 4.69) is 11.8 Å². The fraction of sp³-hybridized carbons (Fsp3) is 0.286. The van der Waals surface area contributed by atoms with Crippen LogP contribution in [-0.2, 0) is 13.1 Å². The molecule has 2 N–H and O–H groups in total. The van der Waals surface area contributed by atoms with Crippen LogP contribution in [-0.4, -0.2) is 28.6 Å². The Morgan fingerprint density at radius 3 is 2.63 bits per heavy atom. The summed E-state index contributed by atoms with van der Waals surface area (Å²) in [5, 5.41) is 18.3. The monoisotopic (exact) mass is 259 g/mol. The van der Waals surface area contributed by atoms with Crippen LogP contribution in [0.25, 0.3) is 0 Å². The Morgan fingerprint density at radius 1 is 1.16 bits per heavy atom. The van der Waals surface area contributed by atoms with Crippen LogP contribution in [0.4, 0.5) is 0 Å². The Labute approximate surface area is 113 Å². The predicted molar refractivity (Wildman–Crippen MR) is 74.8 cm³/mol. The van der Waals surface area contributed by atoms with Gasteiger partial charge in [0.25, 0.3) is 0 Å². The molecule has 0 aliphatic heterocycles. The fourth-order valence-electron chi connectivity index (χ4n) is 2.01. The minimum atomic E-state index is -1.42. The molecule has 19 heavy (non-hydrogen) atoms. The van der Waals surface area contributed by atoms with E-state index in [9.17, 15) is 10.0 Å². The summed E-state index contributed by atoms with van der Waals surface area (Å²) in [7, 11) is -1.42. The third kappa shape index (κ3) is 3.96. The van der Waals surface area contributed by atoms with Gasteiger partial charge in [-0.2, -0.15) is 0 Å². The lowest BCUT2D eigenvalue weighted by atomic mass is 9.79. The largest absolute Gasteiger partial charge is 0.488 e. The Hall–Kier alpha value is -1.56. The van der Waals surface area contributed by atoms with Crippen LogP contribution in [0.3, 0.4) is 0 Å². The zero-order valence-corrected chi connectivity index (χ0v) is 11.0. The van der Waals surface area contributed by atoms with E-state index in [1.807, 2.05) is 30.3 Å². The topological polar surface area (TPSA) is 56.8 Å². The van der Waals surface area contributed by atoms with Crippen molar-refractivity contribution >= 4 is 12.6 Å². The molecule has 0 aliphatic carbocycles. The van der Waals surface area contributed by atoms with Gasteiger partial charge < -0.3 is 14.5 Å². The number of benzene rings is 1. The normalized spacial score (nSPS) is 10.9. The second-order valence-electron chi connectivity index (χ2n) is 4.50. The summed E-state index contributed by atoms with van der Waals surface area (Å²) in [6.45, 7) is 4.48. The quantitative estimate of drug-likeness (QED) is 0.759. The van der Waals surface area contributed by atoms with Crippen LogP contribution in [0.5, 0.6) is 0 Å². The van der Waals surface area contributed by atoms with Gasteiger partial charge in [0.1, 0.15) is 5.76 Å². The zero-order valence-electron chi connectivity index (χ0n) is 11.0. The Kier molecular flexibility index (Phi) is 4.79. The number of nitrogens with zero attached hydrogens (tertiary/aromatic N) is 1. The van der Waals surface area contributed by atoms with Crippen molar-refractivity contribution in [3.05, 3.63) is 54.0 Å². The van der Waals surface area contributed by atoms with E-state index in [0.29, 0.717) is 5.46 Å². The molecule has 100 valence electrons. The second kappa shape index (κ2) is 6.56. The SMILES string of the molecule is CCN(Cc1cccc(B(O)O)c1)Cc1ccco1. The molecule has 5 heteroatoms. The number of furan rings is 1. The lowest BCUT2D eigenvalue weighted by Crippen LogP contribution is -2.30. The molecule has 0 radical (unpaired) electrons. The Morgan fingerprint density at radius 2 is 2.00 bits per heavy atom. The first-order valence-electron chi connectivity index (χ1n) is 6.38. The highest BCUT2D eigenvalue weighted by atomic mass is 16.4. The van der Waals surface area contributed by atoms with Gasteiger partial charge in [0.05, 0.1) is 12.8 Å². The fourth-order valence-corrected chi connectivity index (χ4v) is 2.01. The van der Waals surface area contributed by atoms with Crippen LogP contribution in [0.15, 0.2) is 47.1 Å². The molecule has 0 unspecified atom stereocenters. The Bertz CT molecular complexity index is 499. The van der Waals surface area contributed by atoms with Crippen molar-refractivity contribution in [3.8, 4) is 0 Å². The molecule has 1 aromatic heterocycles. The lowest BCUT2D eigenvalue weighted by Gasteiger charge is -2.19. The summed E-state index contributed by atoms with van der Waals surface area (Å²) < 4.78 is 5.34. The van der Waals surface area contributed by atoms with E-state index in [1.54, 1.807) is 12.3 Å². The van der Waals surface area contributed by atoms with Crippen molar-refractivity contribution in [1.29, 1.82) is 0 Å². The summed E-state index contributed by atoms with van der Waals surface area (Å²) in [5.74, 6) is 0.931. The minimum absolute atomic E-state index is 0.520. The summed E-state index contributed by atoms with van der Waals surface area (Å²) in [6.07, 6.45) is 1.67. The van der Waals surface area contributed by atoms with Gasteiger partial charge in [-0.3, -0.25) is 4.90 Å². The maximum absolute atomic E-state index is 9.17. The summed E-state index contributed by atoms with van der Waals surface area (Å²) >= 11 is 0. The van der Waals surface area contributed by atoms with E-state index >= 15 is 0 Å². The third-order valence-electron chi connectivity index (χ3n) is 3.06. The summed E-state index contributed by atoms with van der Waals surface area (Å²) in [6, 6.07) is 11.2. The Balaban J connectivity index is 2.03. The molecule has 0 spiro atoms. The van der Waals surface area contributed by atoms with E-state index in [4.69, 9.17) is 4.42 Å². The van der Waals surface area contributed by atoms with Crippen molar-refractivity contribution in [2.24, 2.45) is 0 Å². The molecule has 0 saturated carbocycles. The molecule has 1 heterocycles. The van der Waals surface area contributed by atoms with Gasteiger partial charge in [0.15, 0.2) is 0 Å². The van der Waals surface area contributed by atoms with Gasteiger partial charge in [0.2, 0.25) is 0 Å². The molecule has 2 rings (SSSR count). The van der Waals surface area contributed by atoms with Crippen LogP contribution >= 0.6 is 0 Å². The van der Waals surface area contributed by atoms with Gasteiger partial charge in [0, 0.05) is 6.54 Å². The molecule has 0 fully saturated rings. The van der Waals surface area contributed by atoms with Gasteiger partial charge >= 0.3 is 7.12 Å². The maximum atomic E-state index is 9.17. The highest BCUT2D eigenvalue weighted by Crippen LogP contribution is 2.09. The van der Waals surface area contributed by atoms with Crippen LogP contribution < -0.4 is 5.46 Å². The van der Waals surface area contributed by atoms with Gasteiger partial charge in [-0.05, 0) is 29.7 Å². The van der Waals surface area contributed by atoms with Crippen molar-refractivity contribution in [1.82, 2.24) is 4.90 Å².